The summed E-state index contributed by atoms with van der Waals surface area (Å²) in [6.07, 6.45) is 92.5. The molecular formula is C85H148O16P2. The Morgan fingerprint density at radius 1 is 0.282 bits per heavy atom. The minimum Gasteiger partial charge on any atom is -0.463 e. The van der Waals surface area contributed by atoms with Crippen molar-refractivity contribution in [2.24, 2.45) is 0 Å². The summed E-state index contributed by atoms with van der Waals surface area (Å²) in [6, 6.07) is 0. The van der Waals surface area contributed by atoms with Crippen LogP contribution in [-0.4, -0.2) is 95.9 Å². The molecule has 0 aliphatic rings. The first-order valence-corrected chi connectivity index (χ1v) is 43.8. The van der Waals surface area contributed by atoms with Crippen molar-refractivity contribution >= 4 is 33.6 Å². The average molecular weight is 1490 g/mol. The molecule has 0 rings (SSSR count). The summed E-state index contributed by atoms with van der Waals surface area (Å²) in [5, 5.41) is 20.6. The lowest BCUT2D eigenvalue weighted by Crippen LogP contribution is -2.30. The number of ether oxygens (including phenoxy) is 3. The molecule has 16 nitrogen and oxygen atoms in total. The van der Waals surface area contributed by atoms with Gasteiger partial charge in [0.25, 0.3) is 0 Å². The van der Waals surface area contributed by atoms with E-state index in [9.17, 15) is 43.5 Å². The van der Waals surface area contributed by atoms with Crippen LogP contribution >= 0.6 is 15.6 Å². The van der Waals surface area contributed by atoms with E-state index in [2.05, 4.69) is 142 Å². The Labute approximate surface area is 627 Å². The topological polar surface area (TPSA) is 231 Å². The number of unbranched alkanes of at least 4 members (excludes halogenated alkanes) is 34. The number of rotatable bonds is 77. The van der Waals surface area contributed by atoms with E-state index in [1.165, 1.54) is 135 Å². The Balaban J connectivity index is 4.51. The molecule has 0 radical (unpaired) electrons. The lowest BCUT2D eigenvalue weighted by atomic mass is 10.0. The zero-order valence-electron chi connectivity index (χ0n) is 65.0. The van der Waals surface area contributed by atoms with Crippen LogP contribution < -0.4 is 0 Å². The van der Waals surface area contributed by atoms with E-state index in [4.69, 9.17) is 32.3 Å². The second kappa shape index (κ2) is 77.6. The van der Waals surface area contributed by atoms with Crippen LogP contribution in [0.5, 0.6) is 0 Å². The minimum atomic E-state index is -4.93. The van der Waals surface area contributed by atoms with Crippen molar-refractivity contribution in [3.8, 4) is 0 Å². The number of esters is 3. The Morgan fingerprint density at radius 2 is 0.515 bits per heavy atom. The number of aliphatic hydroxyl groups is 2. The highest BCUT2D eigenvalue weighted by atomic mass is 31.2. The van der Waals surface area contributed by atoms with Crippen molar-refractivity contribution < 1.29 is 75.8 Å². The summed E-state index contributed by atoms with van der Waals surface area (Å²) in [7, 11) is -9.79. The zero-order chi connectivity index (χ0) is 75.2. The molecule has 18 heteroatoms. The fourth-order valence-corrected chi connectivity index (χ4v) is 12.5. The van der Waals surface area contributed by atoms with Gasteiger partial charge in [0, 0.05) is 19.3 Å². The van der Waals surface area contributed by atoms with Crippen LogP contribution in [0.4, 0.5) is 0 Å². The van der Waals surface area contributed by atoms with Crippen molar-refractivity contribution in [1.82, 2.24) is 0 Å². The number of hydrogen-bond donors (Lipinski definition) is 4. The number of carbonyl (C=O) groups is 3. The van der Waals surface area contributed by atoms with Gasteiger partial charge >= 0.3 is 33.6 Å². The number of hydrogen-bond acceptors (Lipinski definition) is 14. The number of allylic oxidation sites excluding steroid dienone is 20. The lowest BCUT2D eigenvalue weighted by molar-refractivity contribution is -0.161. The van der Waals surface area contributed by atoms with Gasteiger partial charge in [-0.2, -0.15) is 0 Å². The summed E-state index contributed by atoms with van der Waals surface area (Å²) < 4.78 is 61.2. The van der Waals surface area contributed by atoms with Gasteiger partial charge in [-0.3, -0.25) is 32.5 Å². The molecule has 0 aromatic rings. The highest BCUT2D eigenvalue weighted by Crippen LogP contribution is 2.45. The molecular weight excluding hydrogens is 1340 g/mol. The number of aliphatic hydroxyl groups excluding tert-OH is 2. The summed E-state index contributed by atoms with van der Waals surface area (Å²) in [5.74, 6) is -1.58. The third-order valence-corrected chi connectivity index (χ3v) is 19.0. The van der Waals surface area contributed by atoms with Crippen LogP contribution in [0.1, 0.15) is 342 Å². The highest BCUT2D eigenvalue weighted by Gasteiger charge is 2.29. The average Bonchev–Trinajstić information content (AvgIpc) is 0.924. The summed E-state index contributed by atoms with van der Waals surface area (Å²) >= 11 is 0. The summed E-state index contributed by atoms with van der Waals surface area (Å²) in [5.41, 5.74) is 0. The van der Waals surface area contributed by atoms with E-state index in [1.54, 1.807) is 0 Å². The largest absolute Gasteiger partial charge is 0.472 e. The minimum absolute atomic E-state index is 0.0934. The number of carbonyl (C=O) groups excluding carboxylic acids is 3. The van der Waals surface area contributed by atoms with E-state index in [0.29, 0.717) is 19.3 Å². The number of phosphoric acid groups is 2. The molecule has 0 amide bonds. The molecule has 0 saturated carbocycles. The van der Waals surface area contributed by atoms with Crippen LogP contribution in [0.3, 0.4) is 0 Å². The van der Waals surface area contributed by atoms with Crippen molar-refractivity contribution in [2.45, 2.75) is 360 Å². The molecule has 0 aromatic heterocycles. The normalized spacial score (nSPS) is 14.6. The van der Waals surface area contributed by atoms with Gasteiger partial charge in [0.05, 0.1) is 26.4 Å². The molecule has 0 saturated heterocycles. The summed E-state index contributed by atoms with van der Waals surface area (Å²) in [6.45, 7) is 2.53. The molecule has 0 aliphatic heterocycles. The molecule has 0 bridgehead atoms. The SMILES string of the molecule is CC/C=C\C/C=C\C/C=C\C/C=C\C/C=C\CCCCCCCCCCCCCC(=O)OCC(O)COP(=O)(O)OCC(O)COP(=O)(O)OCC(COC(=O)CCCCCCCCCCCCC/C=C\C/C=C\C/C=C\C/C=C\CCCCC)OC(=O)CCCCCCC/C=C\CCCCCC. The molecule has 5 unspecified atom stereocenters. The van der Waals surface area contributed by atoms with Gasteiger partial charge < -0.3 is 34.2 Å². The first-order chi connectivity index (χ1) is 50.2. The fraction of sp³-hybridized carbons (Fsp3) is 0.729. The summed E-state index contributed by atoms with van der Waals surface area (Å²) in [4.78, 5) is 58.7. The first kappa shape index (κ1) is 98.9. The van der Waals surface area contributed by atoms with E-state index in [1.807, 2.05) is 0 Å². The molecule has 0 aromatic carbocycles. The van der Waals surface area contributed by atoms with Crippen molar-refractivity contribution in [2.75, 3.05) is 39.6 Å². The van der Waals surface area contributed by atoms with E-state index in [0.717, 1.165) is 148 Å². The maximum absolute atomic E-state index is 13.0. The van der Waals surface area contributed by atoms with Crippen LogP contribution in [0.25, 0.3) is 0 Å². The molecule has 0 aliphatic carbocycles. The molecule has 594 valence electrons. The van der Waals surface area contributed by atoms with Crippen molar-refractivity contribution in [3.63, 3.8) is 0 Å². The molecule has 4 N–H and O–H groups in total. The Bertz CT molecular complexity index is 2360. The van der Waals surface area contributed by atoms with Crippen molar-refractivity contribution in [1.29, 1.82) is 0 Å². The van der Waals surface area contributed by atoms with Gasteiger partial charge in [-0.15, -0.1) is 0 Å². The van der Waals surface area contributed by atoms with E-state index in [-0.39, 0.29) is 19.3 Å². The second-order valence-corrected chi connectivity index (χ2v) is 30.1. The van der Waals surface area contributed by atoms with E-state index >= 15 is 0 Å². The Hall–Kier alpha value is -4.05. The van der Waals surface area contributed by atoms with Crippen LogP contribution in [-0.2, 0) is 55.8 Å². The molecule has 0 fully saturated rings. The standard InChI is InChI=1S/C85H148O16P2/c1-4-7-10-13-16-19-22-25-27-29-31-33-35-37-39-41-43-45-47-49-51-54-56-59-62-65-68-71-83(88)95-74-80(86)75-97-102(91,92)98-76-81(87)77-99-103(93,94)100-79-82(101-85(90)73-70-67-64-61-58-53-24-21-18-15-12-9-6-3)78-96-84(89)72-69-66-63-60-57-55-52-50-48-46-44-42-40-38-36-34-32-30-28-26-23-20-17-14-11-8-5-2/h7,10,16-17,19-21,24-28,31-34,37-40,80-82,86-87H,4-6,8-9,11-15,18,22-23,29-30,35-36,41-79H2,1-3H3,(H,91,92)(H,93,94)/b10-7-,19-16-,20-17-,24-21-,27-25-,28-26-,33-31-,34-32-,39-37-,40-38-. The van der Waals surface area contributed by atoms with Crippen LogP contribution in [0, 0.1) is 0 Å². The van der Waals surface area contributed by atoms with Gasteiger partial charge in [0.15, 0.2) is 6.10 Å². The maximum Gasteiger partial charge on any atom is 0.472 e. The Kier molecular flexibility index (Phi) is 74.5. The maximum atomic E-state index is 13.0. The molecule has 103 heavy (non-hydrogen) atoms. The third kappa shape index (κ3) is 78.8. The van der Waals surface area contributed by atoms with Gasteiger partial charge in [-0.05, 0) is 135 Å². The van der Waals surface area contributed by atoms with Gasteiger partial charge in [-0.25, -0.2) is 9.13 Å². The monoisotopic (exact) mass is 1490 g/mol. The Morgan fingerprint density at radius 3 is 0.845 bits per heavy atom. The highest BCUT2D eigenvalue weighted by molar-refractivity contribution is 7.47. The third-order valence-electron chi connectivity index (χ3n) is 17.1. The predicted molar refractivity (Wildman–Crippen MR) is 427 cm³/mol. The fourth-order valence-electron chi connectivity index (χ4n) is 10.9. The lowest BCUT2D eigenvalue weighted by Gasteiger charge is -2.21. The molecule has 5 atom stereocenters. The number of phosphoric ester groups is 2. The van der Waals surface area contributed by atoms with Crippen molar-refractivity contribution in [3.05, 3.63) is 122 Å². The molecule has 0 spiro atoms. The van der Waals surface area contributed by atoms with Crippen LogP contribution in [0.2, 0.25) is 0 Å². The molecule has 0 heterocycles. The first-order valence-electron chi connectivity index (χ1n) is 40.8. The predicted octanol–water partition coefficient (Wildman–Crippen LogP) is 24.1. The second-order valence-electron chi connectivity index (χ2n) is 27.2. The zero-order valence-corrected chi connectivity index (χ0v) is 66.7. The van der Waals surface area contributed by atoms with Gasteiger partial charge in [0.2, 0.25) is 0 Å². The smallest absolute Gasteiger partial charge is 0.463 e. The van der Waals surface area contributed by atoms with Gasteiger partial charge in [0.1, 0.15) is 25.4 Å². The van der Waals surface area contributed by atoms with Gasteiger partial charge in [-0.1, -0.05) is 309 Å². The van der Waals surface area contributed by atoms with E-state index < -0.39 is 91.5 Å². The quantitative estimate of drug-likeness (QED) is 0.0146. The van der Waals surface area contributed by atoms with Crippen LogP contribution in [0.15, 0.2) is 122 Å².